The molecule has 0 aromatic heterocycles. The van der Waals surface area contributed by atoms with Gasteiger partial charge in [-0.1, -0.05) is 55.0 Å². The first-order valence-corrected chi connectivity index (χ1v) is 8.60. The molecule has 0 radical (unpaired) electrons. The van der Waals surface area contributed by atoms with Gasteiger partial charge in [0.25, 0.3) is 0 Å². The third kappa shape index (κ3) is 5.14. The van der Waals surface area contributed by atoms with Crippen LogP contribution in [-0.2, 0) is 11.3 Å². The molecule has 24 heavy (non-hydrogen) atoms. The lowest BCUT2D eigenvalue weighted by molar-refractivity contribution is 0.117. The molecule has 0 fully saturated rings. The van der Waals surface area contributed by atoms with Crippen LogP contribution in [0.2, 0.25) is 0 Å². The minimum absolute atomic E-state index is 0.328. The first-order chi connectivity index (χ1) is 11.9. The molecule has 0 saturated carbocycles. The van der Waals surface area contributed by atoms with E-state index in [0.29, 0.717) is 13.4 Å². The van der Waals surface area contributed by atoms with Gasteiger partial charge in [-0.25, -0.2) is 0 Å². The summed E-state index contributed by atoms with van der Waals surface area (Å²) in [4.78, 5) is 0. The second-order valence-corrected chi connectivity index (χ2v) is 5.90. The van der Waals surface area contributed by atoms with Gasteiger partial charge >= 0.3 is 0 Å². The number of fused-ring (bicyclic) bond motifs is 1. The minimum Gasteiger partial charge on any atom is -0.454 e. The van der Waals surface area contributed by atoms with Gasteiger partial charge < -0.3 is 14.2 Å². The van der Waals surface area contributed by atoms with Crippen molar-refractivity contribution >= 4 is 6.08 Å². The maximum Gasteiger partial charge on any atom is 0.231 e. The van der Waals surface area contributed by atoms with Crippen LogP contribution in [0.1, 0.15) is 36.8 Å². The predicted molar refractivity (Wildman–Crippen MR) is 96.2 cm³/mol. The Balaban J connectivity index is 1.25. The van der Waals surface area contributed by atoms with E-state index < -0.39 is 0 Å². The van der Waals surface area contributed by atoms with E-state index in [1.165, 1.54) is 18.4 Å². The Hall–Kier alpha value is -2.26. The van der Waals surface area contributed by atoms with Gasteiger partial charge in [-0.2, -0.15) is 0 Å². The first kappa shape index (κ1) is 16.6. The number of hydrogen-bond donors (Lipinski definition) is 0. The molecular weight excluding hydrogens is 300 g/mol. The molecule has 0 N–H and O–H groups in total. The lowest BCUT2D eigenvalue weighted by atomic mass is 10.1. The van der Waals surface area contributed by atoms with Crippen molar-refractivity contribution < 1.29 is 14.2 Å². The van der Waals surface area contributed by atoms with E-state index in [1.807, 2.05) is 30.3 Å². The third-order valence-corrected chi connectivity index (χ3v) is 3.98. The van der Waals surface area contributed by atoms with E-state index in [2.05, 4.69) is 30.4 Å². The predicted octanol–water partition coefficient (Wildman–Crippen LogP) is 5.21. The van der Waals surface area contributed by atoms with E-state index in [-0.39, 0.29) is 0 Å². The fourth-order valence-corrected chi connectivity index (χ4v) is 2.64. The second-order valence-electron chi connectivity index (χ2n) is 5.90. The van der Waals surface area contributed by atoms with Crippen LogP contribution in [0.3, 0.4) is 0 Å². The Labute approximate surface area is 143 Å². The van der Waals surface area contributed by atoms with Crippen molar-refractivity contribution in [2.75, 3.05) is 13.4 Å². The molecule has 0 amide bonds. The van der Waals surface area contributed by atoms with Crippen LogP contribution in [-0.4, -0.2) is 13.4 Å². The Morgan fingerprint density at radius 3 is 2.71 bits per heavy atom. The van der Waals surface area contributed by atoms with Gasteiger partial charge in [0, 0.05) is 6.61 Å². The normalized spacial score (nSPS) is 12.8. The van der Waals surface area contributed by atoms with Crippen LogP contribution in [0.5, 0.6) is 11.5 Å². The lowest BCUT2D eigenvalue weighted by Gasteiger charge is -2.03. The van der Waals surface area contributed by atoms with Crippen molar-refractivity contribution in [2.45, 2.75) is 32.3 Å². The molecule has 0 bridgehead atoms. The number of unbranched alkanes of at least 4 members (excludes halogenated alkanes) is 3. The highest BCUT2D eigenvalue weighted by atomic mass is 16.7. The van der Waals surface area contributed by atoms with E-state index in [1.54, 1.807) is 0 Å². The molecule has 0 saturated heterocycles. The molecule has 2 aromatic rings. The zero-order valence-corrected chi connectivity index (χ0v) is 13.9. The van der Waals surface area contributed by atoms with Gasteiger partial charge in [0.05, 0.1) is 6.61 Å². The van der Waals surface area contributed by atoms with Crippen LogP contribution in [0.4, 0.5) is 0 Å². The average Bonchev–Trinajstić information content (AvgIpc) is 3.09. The zero-order valence-electron chi connectivity index (χ0n) is 13.9. The maximum absolute atomic E-state index is 5.69. The second kappa shape index (κ2) is 9.14. The topological polar surface area (TPSA) is 27.7 Å². The molecule has 3 nitrogen and oxygen atoms in total. The number of benzene rings is 2. The van der Waals surface area contributed by atoms with Crippen molar-refractivity contribution in [3.8, 4) is 11.5 Å². The molecular formula is C21H24O3. The molecule has 3 heteroatoms. The average molecular weight is 324 g/mol. The summed E-state index contributed by atoms with van der Waals surface area (Å²) in [5.74, 6) is 1.68. The largest absolute Gasteiger partial charge is 0.454 e. The van der Waals surface area contributed by atoms with Crippen molar-refractivity contribution in [3.05, 3.63) is 65.7 Å². The molecule has 0 unspecified atom stereocenters. The molecule has 0 atom stereocenters. The molecule has 126 valence electrons. The molecule has 3 rings (SSSR count). The highest BCUT2D eigenvalue weighted by molar-refractivity contribution is 5.56. The Kier molecular flexibility index (Phi) is 6.32. The molecule has 1 heterocycles. The summed E-state index contributed by atoms with van der Waals surface area (Å²) in [5, 5.41) is 0. The Morgan fingerprint density at radius 2 is 1.79 bits per heavy atom. The summed E-state index contributed by atoms with van der Waals surface area (Å²) < 4.78 is 16.4. The van der Waals surface area contributed by atoms with Crippen molar-refractivity contribution in [1.82, 2.24) is 0 Å². The smallest absolute Gasteiger partial charge is 0.231 e. The van der Waals surface area contributed by atoms with Crippen LogP contribution in [0.15, 0.2) is 54.6 Å². The van der Waals surface area contributed by atoms with Gasteiger partial charge in [-0.05, 0) is 42.5 Å². The summed E-state index contributed by atoms with van der Waals surface area (Å²) in [7, 11) is 0. The minimum atomic E-state index is 0.328. The fourth-order valence-electron chi connectivity index (χ4n) is 2.64. The fraction of sp³-hybridized carbons (Fsp3) is 0.333. The molecule has 1 aliphatic heterocycles. The van der Waals surface area contributed by atoms with Gasteiger partial charge in [0.1, 0.15) is 0 Å². The standard InChI is InChI=1S/C21H24O3/c1(3-8-14-22-16-19-10-6-4-7-11-19)2-5-9-18-12-13-20-21(15-18)24-17-23-20/h4-7,9-13,15H,1-3,8,14,16-17H2/b9-5-. The number of rotatable bonds is 9. The summed E-state index contributed by atoms with van der Waals surface area (Å²) in [6.07, 6.45) is 8.96. The highest BCUT2D eigenvalue weighted by Crippen LogP contribution is 2.32. The zero-order chi connectivity index (χ0) is 16.5. The summed E-state index contributed by atoms with van der Waals surface area (Å²) >= 11 is 0. The SMILES string of the molecule is C(=C/c1ccc2c(c1)OCO2)/CCCCCOCc1ccccc1. The van der Waals surface area contributed by atoms with Gasteiger partial charge in [0.15, 0.2) is 11.5 Å². The van der Waals surface area contributed by atoms with Crippen molar-refractivity contribution in [2.24, 2.45) is 0 Å². The van der Waals surface area contributed by atoms with Gasteiger partial charge in [0.2, 0.25) is 6.79 Å². The number of allylic oxidation sites excluding steroid dienone is 1. The number of hydrogen-bond acceptors (Lipinski definition) is 3. The molecule has 1 aliphatic rings. The van der Waals surface area contributed by atoms with E-state index >= 15 is 0 Å². The lowest BCUT2D eigenvalue weighted by Crippen LogP contribution is -1.95. The molecule has 2 aromatic carbocycles. The van der Waals surface area contributed by atoms with Crippen molar-refractivity contribution in [1.29, 1.82) is 0 Å². The Bertz CT molecular complexity index is 649. The maximum atomic E-state index is 5.69. The van der Waals surface area contributed by atoms with Crippen LogP contribution in [0.25, 0.3) is 6.08 Å². The van der Waals surface area contributed by atoms with Crippen molar-refractivity contribution in [3.63, 3.8) is 0 Å². The quantitative estimate of drug-likeness (QED) is 0.593. The van der Waals surface area contributed by atoms with E-state index in [4.69, 9.17) is 14.2 Å². The summed E-state index contributed by atoms with van der Waals surface area (Å²) in [6, 6.07) is 16.4. The third-order valence-electron chi connectivity index (χ3n) is 3.98. The van der Waals surface area contributed by atoms with Gasteiger partial charge in [-0.3, -0.25) is 0 Å². The van der Waals surface area contributed by atoms with Crippen LogP contribution in [0, 0.1) is 0 Å². The van der Waals surface area contributed by atoms with Crippen LogP contribution >= 0.6 is 0 Å². The number of ether oxygens (including phenoxy) is 3. The molecule has 0 aliphatic carbocycles. The monoisotopic (exact) mass is 324 g/mol. The summed E-state index contributed by atoms with van der Waals surface area (Å²) in [5.41, 5.74) is 2.40. The van der Waals surface area contributed by atoms with E-state index in [9.17, 15) is 0 Å². The van der Waals surface area contributed by atoms with Gasteiger partial charge in [-0.15, -0.1) is 0 Å². The highest BCUT2D eigenvalue weighted by Gasteiger charge is 2.11. The van der Waals surface area contributed by atoms with E-state index in [0.717, 1.165) is 36.5 Å². The summed E-state index contributed by atoms with van der Waals surface area (Å²) in [6.45, 7) is 1.88. The first-order valence-electron chi connectivity index (χ1n) is 8.60. The molecule has 0 spiro atoms. The van der Waals surface area contributed by atoms with Crippen LogP contribution < -0.4 is 9.47 Å². The Morgan fingerprint density at radius 1 is 0.917 bits per heavy atom.